The van der Waals surface area contributed by atoms with Crippen molar-refractivity contribution < 1.29 is 14.3 Å². The molecule has 6 heteroatoms. The molecule has 3 atom stereocenters. The number of carbonyl (C=O) groups excluding carboxylic acids is 1. The van der Waals surface area contributed by atoms with Crippen molar-refractivity contribution in [1.82, 2.24) is 14.5 Å². The van der Waals surface area contributed by atoms with Crippen molar-refractivity contribution in [3.8, 4) is 0 Å². The number of amides is 1. The number of hydrogen-bond acceptors (Lipinski definition) is 4. The molecule has 0 aromatic carbocycles. The lowest BCUT2D eigenvalue weighted by Crippen LogP contribution is -2.46. The smallest absolute Gasteiger partial charge is 0.251 e. The third-order valence-corrected chi connectivity index (χ3v) is 5.22. The fraction of sp³-hybridized carbons (Fsp3) is 0.789. The van der Waals surface area contributed by atoms with Gasteiger partial charge in [0.1, 0.15) is 11.9 Å². The maximum Gasteiger partial charge on any atom is 0.251 e. The number of nitrogens with zero attached hydrogens (tertiary/aromatic N) is 3. The van der Waals surface area contributed by atoms with Crippen molar-refractivity contribution >= 4 is 5.91 Å². The van der Waals surface area contributed by atoms with E-state index in [-0.39, 0.29) is 12.0 Å². The molecule has 25 heavy (non-hydrogen) atoms. The van der Waals surface area contributed by atoms with Crippen LogP contribution in [0.3, 0.4) is 0 Å². The van der Waals surface area contributed by atoms with Crippen LogP contribution in [-0.2, 0) is 14.3 Å². The third-order valence-electron chi connectivity index (χ3n) is 5.22. The average Bonchev–Trinajstić information content (AvgIpc) is 3.30. The summed E-state index contributed by atoms with van der Waals surface area (Å²) < 4.78 is 13.6. The molecule has 1 aromatic rings. The second kappa shape index (κ2) is 8.32. The van der Waals surface area contributed by atoms with E-state index in [9.17, 15) is 4.79 Å². The lowest BCUT2D eigenvalue weighted by molar-refractivity contribution is -0.146. The van der Waals surface area contributed by atoms with Crippen LogP contribution in [0.4, 0.5) is 0 Å². The Morgan fingerprint density at radius 2 is 2.20 bits per heavy atom. The Hall–Kier alpha value is -1.40. The number of piperidine rings is 1. The number of aromatic nitrogens is 2. The Labute approximate surface area is 150 Å². The summed E-state index contributed by atoms with van der Waals surface area (Å²) in [6.45, 7) is 9.06. The lowest BCUT2D eigenvalue weighted by Gasteiger charge is -2.35. The number of rotatable bonds is 6. The first-order chi connectivity index (χ1) is 12.1. The van der Waals surface area contributed by atoms with Crippen LogP contribution < -0.4 is 0 Å². The highest BCUT2D eigenvalue weighted by molar-refractivity contribution is 5.80. The van der Waals surface area contributed by atoms with E-state index in [1.165, 1.54) is 0 Å². The fourth-order valence-corrected chi connectivity index (χ4v) is 3.82. The van der Waals surface area contributed by atoms with Gasteiger partial charge in [0.25, 0.3) is 5.91 Å². The van der Waals surface area contributed by atoms with Gasteiger partial charge in [-0.2, -0.15) is 0 Å². The number of hydrogen-bond donors (Lipinski definition) is 0. The van der Waals surface area contributed by atoms with E-state index in [2.05, 4.69) is 23.4 Å². The molecule has 0 bridgehead atoms. The van der Waals surface area contributed by atoms with Gasteiger partial charge >= 0.3 is 0 Å². The summed E-state index contributed by atoms with van der Waals surface area (Å²) >= 11 is 0. The molecule has 2 aliphatic heterocycles. The Balaban J connectivity index is 1.56. The Morgan fingerprint density at radius 1 is 1.36 bits per heavy atom. The summed E-state index contributed by atoms with van der Waals surface area (Å²) in [7, 11) is 0. The maximum absolute atomic E-state index is 12.8. The number of likely N-dealkylation sites (tertiary alicyclic amines) is 1. The second-order valence-corrected chi connectivity index (χ2v) is 7.54. The van der Waals surface area contributed by atoms with Crippen LogP contribution in [-0.4, -0.2) is 58.9 Å². The summed E-state index contributed by atoms with van der Waals surface area (Å²) in [4.78, 5) is 19.2. The first kappa shape index (κ1) is 18.4. The normalized spacial score (nSPS) is 25.5. The third kappa shape index (κ3) is 4.42. The standard InChI is InChI=1S/C19H31N3O3/c1-14(2)18-20-8-10-22(18)16-6-4-9-21(12-16)19(23)15(3)25-13-17-7-5-11-24-17/h8,10,14-17H,4-7,9,11-13H2,1-3H3/t15-,16+,17-/m0/s1. The highest BCUT2D eigenvalue weighted by atomic mass is 16.5. The van der Waals surface area contributed by atoms with Gasteiger partial charge in [-0.05, 0) is 32.6 Å². The van der Waals surface area contributed by atoms with Crippen molar-refractivity contribution in [2.24, 2.45) is 0 Å². The summed E-state index contributed by atoms with van der Waals surface area (Å²) in [6, 6.07) is 0.308. The molecule has 3 rings (SSSR count). The molecule has 1 aromatic heterocycles. The molecule has 2 saturated heterocycles. The van der Waals surface area contributed by atoms with Gasteiger partial charge in [0, 0.05) is 38.0 Å². The Bertz CT molecular complexity index is 566. The van der Waals surface area contributed by atoms with Gasteiger partial charge in [-0.3, -0.25) is 4.79 Å². The molecule has 2 aliphatic rings. The average molecular weight is 349 g/mol. The van der Waals surface area contributed by atoms with E-state index >= 15 is 0 Å². The Kier molecular flexibility index (Phi) is 6.12. The SMILES string of the molecule is CC(C)c1nccn1[C@@H]1CCCN(C(=O)[C@H](C)OC[C@@H]2CCCO2)C1. The van der Waals surface area contributed by atoms with Crippen LogP contribution in [0.5, 0.6) is 0 Å². The fourth-order valence-electron chi connectivity index (χ4n) is 3.82. The van der Waals surface area contributed by atoms with Gasteiger partial charge in [-0.1, -0.05) is 13.8 Å². The van der Waals surface area contributed by atoms with Gasteiger partial charge in [0.05, 0.1) is 18.8 Å². The molecule has 0 saturated carbocycles. The lowest BCUT2D eigenvalue weighted by atomic mass is 10.0. The van der Waals surface area contributed by atoms with Gasteiger partial charge in [0.2, 0.25) is 0 Å². The molecule has 0 unspecified atom stereocenters. The first-order valence-corrected chi connectivity index (χ1v) is 9.61. The molecule has 0 spiro atoms. The van der Waals surface area contributed by atoms with Crippen molar-refractivity contribution in [2.75, 3.05) is 26.3 Å². The second-order valence-electron chi connectivity index (χ2n) is 7.54. The predicted octanol–water partition coefficient (Wildman–Crippen LogP) is 2.75. The highest BCUT2D eigenvalue weighted by Gasteiger charge is 2.29. The van der Waals surface area contributed by atoms with Crippen molar-refractivity contribution in [3.63, 3.8) is 0 Å². The van der Waals surface area contributed by atoms with E-state index in [0.29, 0.717) is 18.6 Å². The van der Waals surface area contributed by atoms with E-state index in [1.54, 1.807) is 0 Å². The topological polar surface area (TPSA) is 56.6 Å². The minimum Gasteiger partial charge on any atom is -0.376 e. The predicted molar refractivity (Wildman–Crippen MR) is 95.6 cm³/mol. The van der Waals surface area contributed by atoms with Crippen molar-refractivity contribution in [2.45, 2.75) is 70.6 Å². The number of carbonyl (C=O) groups is 1. The quantitative estimate of drug-likeness (QED) is 0.792. The maximum atomic E-state index is 12.8. The number of ether oxygens (including phenoxy) is 2. The molecule has 0 aliphatic carbocycles. The summed E-state index contributed by atoms with van der Waals surface area (Å²) in [6.07, 6.45) is 7.89. The Morgan fingerprint density at radius 3 is 2.92 bits per heavy atom. The van der Waals surface area contributed by atoms with Crippen LogP contribution >= 0.6 is 0 Å². The summed E-state index contributed by atoms with van der Waals surface area (Å²) in [5.74, 6) is 1.57. The molecule has 2 fully saturated rings. The van der Waals surface area contributed by atoms with Crippen LogP contribution in [0.15, 0.2) is 12.4 Å². The highest BCUT2D eigenvalue weighted by Crippen LogP contribution is 2.26. The van der Waals surface area contributed by atoms with E-state index in [1.807, 2.05) is 24.2 Å². The first-order valence-electron chi connectivity index (χ1n) is 9.61. The van der Waals surface area contributed by atoms with Gasteiger partial charge in [-0.15, -0.1) is 0 Å². The van der Waals surface area contributed by atoms with Gasteiger partial charge < -0.3 is 18.9 Å². The molecule has 1 amide bonds. The van der Waals surface area contributed by atoms with E-state index in [4.69, 9.17) is 9.47 Å². The summed E-state index contributed by atoms with van der Waals surface area (Å²) in [5.41, 5.74) is 0. The largest absolute Gasteiger partial charge is 0.376 e. The van der Waals surface area contributed by atoms with Gasteiger partial charge in [-0.25, -0.2) is 4.98 Å². The zero-order valence-corrected chi connectivity index (χ0v) is 15.7. The minimum atomic E-state index is -0.407. The molecular weight excluding hydrogens is 318 g/mol. The zero-order valence-electron chi connectivity index (χ0n) is 15.7. The number of imidazole rings is 1. The van der Waals surface area contributed by atoms with Crippen molar-refractivity contribution in [3.05, 3.63) is 18.2 Å². The van der Waals surface area contributed by atoms with Crippen LogP contribution in [0.1, 0.15) is 64.2 Å². The molecule has 6 nitrogen and oxygen atoms in total. The molecule has 3 heterocycles. The molecular formula is C19H31N3O3. The van der Waals surface area contributed by atoms with E-state index < -0.39 is 6.10 Å². The monoisotopic (exact) mass is 349 g/mol. The molecule has 140 valence electrons. The summed E-state index contributed by atoms with van der Waals surface area (Å²) in [5, 5.41) is 0. The van der Waals surface area contributed by atoms with Crippen LogP contribution in [0.25, 0.3) is 0 Å². The van der Waals surface area contributed by atoms with Gasteiger partial charge in [0.15, 0.2) is 0 Å². The molecule has 0 N–H and O–H groups in total. The van der Waals surface area contributed by atoms with Crippen LogP contribution in [0, 0.1) is 0 Å². The molecule has 0 radical (unpaired) electrons. The zero-order chi connectivity index (χ0) is 17.8. The van der Waals surface area contributed by atoms with Crippen LogP contribution in [0.2, 0.25) is 0 Å². The van der Waals surface area contributed by atoms with Crippen molar-refractivity contribution in [1.29, 1.82) is 0 Å². The van der Waals surface area contributed by atoms with E-state index in [0.717, 1.165) is 51.2 Å². The minimum absolute atomic E-state index is 0.0916.